The monoisotopic (exact) mass is 358 g/mol. The molecule has 3 N–H and O–H groups in total. The zero-order valence-electron chi connectivity index (χ0n) is 14.0. The average Bonchev–Trinajstić information content (AvgIpc) is 3.18. The van der Waals surface area contributed by atoms with Gasteiger partial charge in [0.1, 0.15) is 5.69 Å². The summed E-state index contributed by atoms with van der Waals surface area (Å²) in [5.74, 6) is 0.842. The number of anilines is 3. The van der Waals surface area contributed by atoms with Gasteiger partial charge in [-0.25, -0.2) is 9.97 Å². The summed E-state index contributed by atoms with van der Waals surface area (Å²) >= 11 is 0. The van der Waals surface area contributed by atoms with Crippen LogP contribution in [-0.2, 0) is 0 Å². The predicted molar refractivity (Wildman–Crippen MR) is 99.3 cm³/mol. The highest BCUT2D eigenvalue weighted by atomic mass is 16.1. The van der Waals surface area contributed by atoms with Crippen LogP contribution in [0.15, 0.2) is 67.1 Å². The van der Waals surface area contributed by atoms with E-state index in [-0.39, 0.29) is 11.9 Å². The minimum absolute atomic E-state index is 0.241. The number of carbonyl (C=O) groups excluding carboxylic acids is 1. The number of hydrogen-bond donors (Lipinski definition) is 3. The quantitative estimate of drug-likeness (QED) is 0.501. The normalized spacial score (nSPS) is 10.4. The number of aromatic nitrogens is 6. The van der Waals surface area contributed by atoms with Crippen molar-refractivity contribution in [2.75, 3.05) is 10.6 Å². The van der Waals surface area contributed by atoms with Gasteiger partial charge >= 0.3 is 0 Å². The summed E-state index contributed by atoms with van der Waals surface area (Å²) in [5, 5.41) is 13.7. The molecule has 0 unspecified atom stereocenters. The molecule has 0 aliphatic heterocycles. The van der Waals surface area contributed by atoms with E-state index in [0.717, 1.165) is 0 Å². The molecule has 0 aliphatic rings. The van der Waals surface area contributed by atoms with E-state index in [1.54, 1.807) is 48.9 Å². The smallest absolute Gasteiger partial charge is 0.258 e. The Labute approximate surface area is 154 Å². The summed E-state index contributed by atoms with van der Waals surface area (Å²) in [6.45, 7) is 0. The fraction of sp³-hybridized carbons (Fsp3) is 0. The zero-order chi connectivity index (χ0) is 18.5. The lowest BCUT2D eigenvalue weighted by molar-refractivity contribution is 0.102. The number of benzene rings is 1. The van der Waals surface area contributed by atoms with E-state index < -0.39 is 0 Å². The Morgan fingerprint density at radius 3 is 2.56 bits per heavy atom. The number of hydrogen-bond acceptors (Lipinski definition) is 7. The van der Waals surface area contributed by atoms with Crippen LogP contribution in [-0.4, -0.2) is 36.0 Å². The van der Waals surface area contributed by atoms with Crippen molar-refractivity contribution in [2.45, 2.75) is 0 Å². The van der Waals surface area contributed by atoms with Crippen LogP contribution in [0, 0.1) is 0 Å². The molecule has 4 aromatic rings. The molecule has 0 aliphatic carbocycles. The molecule has 0 saturated carbocycles. The Balaban J connectivity index is 1.47. The van der Waals surface area contributed by atoms with Gasteiger partial charge in [0.05, 0.1) is 0 Å². The first-order valence-corrected chi connectivity index (χ1v) is 8.07. The Bertz CT molecular complexity index is 1050. The van der Waals surface area contributed by atoms with E-state index in [9.17, 15) is 4.79 Å². The van der Waals surface area contributed by atoms with Gasteiger partial charge in [-0.15, -0.1) is 10.2 Å². The van der Waals surface area contributed by atoms with Crippen LogP contribution in [0.1, 0.15) is 10.4 Å². The maximum Gasteiger partial charge on any atom is 0.258 e. The van der Waals surface area contributed by atoms with Crippen molar-refractivity contribution < 1.29 is 4.79 Å². The molecule has 9 heteroatoms. The van der Waals surface area contributed by atoms with Crippen molar-refractivity contribution in [3.05, 3.63) is 72.7 Å². The first kappa shape index (κ1) is 16.3. The molecule has 1 aromatic carbocycles. The lowest BCUT2D eigenvalue weighted by Gasteiger charge is -2.06. The van der Waals surface area contributed by atoms with Crippen molar-refractivity contribution >= 4 is 23.5 Å². The molecule has 0 fully saturated rings. The van der Waals surface area contributed by atoms with Gasteiger partial charge in [0.25, 0.3) is 5.91 Å². The van der Waals surface area contributed by atoms with Gasteiger partial charge in [-0.1, -0.05) is 12.1 Å². The first-order chi connectivity index (χ1) is 13.3. The van der Waals surface area contributed by atoms with E-state index in [1.807, 2.05) is 18.2 Å². The van der Waals surface area contributed by atoms with Crippen LogP contribution in [0.4, 0.5) is 17.6 Å². The topological polar surface area (TPSA) is 121 Å². The standard InChI is InChI=1S/C18H14N8O/c27-16(24-18-23-15(25-26-18)14-7-1-2-8-19-14)12-5-3-6-13(11-12)22-17-20-9-4-10-21-17/h1-11H,(H,20,21,22)(H2,23,24,25,26,27). The predicted octanol–water partition coefficient (Wildman–Crippen LogP) is 2.65. The second kappa shape index (κ2) is 7.40. The van der Waals surface area contributed by atoms with E-state index in [0.29, 0.717) is 28.7 Å². The van der Waals surface area contributed by atoms with Crippen LogP contribution >= 0.6 is 0 Å². The highest BCUT2D eigenvalue weighted by molar-refractivity contribution is 6.04. The van der Waals surface area contributed by atoms with Crippen LogP contribution in [0.3, 0.4) is 0 Å². The summed E-state index contributed by atoms with van der Waals surface area (Å²) in [6.07, 6.45) is 4.93. The second-order valence-corrected chi connectivity index (χ2v) is 5.47. The number of rotatable bonds is 5. The van der Waals surface area contributed by atoms with Crippen molar-refractivity contribution in [1.82, 2.24) is 30.1 Å². The second-order valence-electron chi connectivity index (χ2n) is 5.47. The number of aromatic amines is 1. The molecule has 3 heterocycles. The summed E-state index contributed by atoms with van der Waals surface area (Å²) in [5.41, 5.74) is 1.78. The largest absolute Gasteiger partial charge is 0.324 e. The molecule has 4 rings (SSSR count). The van der Waals surface area contributed by atoms with Gasteiger partial charge < -0.3 is 10.3 Å². The molecule has 9 nitrogen and oxygen atoms in total. The molecule has 3 aromatic heterocycles. The molecule has 1 amide bonds. The van der Waals surface area contributed by atoms with Gasteiger partial charge in [-0.2, -0.15) is 0 Å². The summed E-state index contributed by atoms with van der Waals surface area (Å²) in [7, 11) is 0. The van der Waals surface area contributed by atoms with Gasteiger partial charge in [0, 0.05) is 29.8 Å². The summed E-state index contributed by atoms with van der Waals surface area (Å²) in [4.78, 5) is 27.8. The zero-order valence-corrected chi connectivity index (χ0v) is 14.0. The molecule has 0 radical (unpaired) electrons. The highest BCUT2D eigenvalue weighted by Gasteiger charge is 2.11. The number of carbonyl (C=O) groups is 1. The minimum Gasteiger partial charge on any atom is -0.324 e. The number of amides is 1. The van der Waals surface area contributed by atoms with E-state index in [4.69, 9.17) is 0 Å². The lowest BCUT2D eigenvalue weighted by Crippen LogP contribution is -2.13. The molecular formula is C18H14N8O. The van der Waals surface area contributed by atoms with Crippen LogP contribution in [0.2, 0.25) is 0 Å². The summed E-state index contributed by atoms with van der Waals surface area (Å²) < 4.78 is 0. The fourth-order valence-corrected chi connectivity index (χ4v) is 2.35. The van der Waals surface area contributed by atoms with E-state index in [2.05, 4.69) is 40.8 Å². The molecular weight excluding hydrogens is 344 g/mol. The fourth-order valence-electron chi connectivity index (χ4n) is 2.35. The van der Waals surface area contributed by atoms with Crippen LogP contribution < -0.4 is 10.6 Å². The third-order valence-electron chi connectivity index (χ3n) is 3.57. The maximum atomic E-state index is 12.5. The highest BCUT2D eigenvalue weighted by Crippen LogP contribution is 2.16. The number of pyridine rings is 1. The number of H-pyrrole nitrogens is 1. The first-order valence-electron chi connectivity index (χ1n) is 8.07. The van der Waals surface area contributed by atoms with Gasteiger partial charge in [-0.3, -0.25) is 15.1 Å². The van der Waals surface area contributed by atoms with Crippen molar-refractivity contribution in [3.63, 3.8) is 0 Å². The lowest BCUT2D eigenvalue weighted by atomic mass is 10.2. The number of nitrogens with zero attached hydrogens (tertiary/aromatic N) is 5. The average molecular weight is 358 g/mol. The molecule has 27 heavy (non-hydrogen) atoms. The minimum atomic E-state index is -0.323. The van der Waals surface area contributed by atoms with E-state index in [1.165, 1.54) is 0 Å². The van der Waals surface area contributed by atoms with Crippen molar-refractivity contribution in [3.8, 4) is 11.5 Å². The molecule has 0 bridgehead atoms. The van der Waals surface area contributed by atoms with Crippen LogP contribution in [0.25, 0.3) is 11.5 Å². The maximum absolute atomic E-state index is 12.5. The number of nitrogens with one attached hydrogen (secondary N) is 3. The Morgan fingerprint density at radius 1 is 0.889 bits per heavy atom. The molecule has 0 spiro atoms. The molecule has 132 valence electrons. The summed E-state index contributed by atoms with van der Waals surface area (Å²) in [6, 6.07) is 14.2. The van der Waals surface area contributed by atoms with Gasteiger partial charge in [0.15, 0.2) is 5.82 Å². The van der Waals surface area contributed by atoms with Gasteiger partial charge in [0.2, 0.25) is 11.9 Å². The van der Waals surface area contributed by atoms with Crippen molar-refractivity contribution in [2.24, 2.45) is 0 Å². The molecule has 0 saturated heterocycles. The van der Waals surface area contributed by atoms with Crippen molar-refractivity contribution in [1.29, 1.82) is 0 Å². The third-order valence-corrected chi connectivity index (χ3v) is 3.57. The van der Waals surface area contributed by atoms with Crippen LogP contribution in [0.5, 0.6) is 0 Å². The Hall–Kier alpha value is -4.14. The SMILES string of the molecule is O=C(Nc1nnc(-c2ccccn2)[nH]1)c1cccc(Nc2ncccn2)c1. The molecule has 0 atom stereocenters. The van der Waals surface area contributed by atoms with Gasteiger partial charge in [-0.05, 0) is 36.4 Å². The van der Waals surface area contributed by atoms with E-state index >= 15 is 0 Å². The Morgan fingerprint density at radius 2 is 1.74 bits per heavy atom. The Kier molecular flexibility index (Phi) is 4.48. The third kappa shape index (κ3) is 3.93.